The Morgan fingerprint density at radius 1 is 1.26 bits per heavy atom. The van der Waals surface area contributed by atoms with Gasteiger partial charge in [0.25, 0.3) is 10.2 Å². The molecule has 0 amide bonds. The first-order valence-corrected chi connectivity index (χ1v) is 6.50. The monoisotopic (exact) mass is 293 g/mol. The van der Waals surface area contributed by atoms with Crippen LogP contribution in [0.15, 0.2) is 30.3 Å². The molecule has 19 heavy (non-hydrogen) atoms. The molecule has 0 aromatic heterocycles. The SMILES string of the molecule is N#CC(NS(=O)(=O)NCC(F)(F)F)c1ccccc1. The summed E-state index contributed by atoms with van der Waals surface area (Å²) in [7, 11) is -4.42. The minimum absolute atomic E-state index is 0.336. The summed E-state index contributed by atoms with van der Waals surface area (Å²) in [6.07, 6.45) is -4.66. The molecule has 0 saturated heterocycles. The van der Waals surface area contributed by atoms with E-state index < -0.39 is 29.0 Å². The van der Waals surface area contributed by atoms with Crippen LogP contribution in [-0.4, -0.2) is 21.1 Å². The zero-order chi connectivity index (χ0) is 14.5. The van der Waals surface area contributed by atoms with Crippen LogP contribution in [0.3, 0.4) is 0 Å². The highest BCUT2D eigenvalue weighted by Gasteiger charge is 2.30. The first-order chi connectivity index (χ1) is 8.73. The molecule has 0 aliphatic carbocycles. The Bertz CT molecular complexity index is 552. The van der Waals surface area contributed by atoms with Gasteiger partial charge in [0.2, 0.25) is 0 Å². The van der Waals surface area contributed by atoms with Gasteiger partial charge in [0.15, 0.2) is 0 Å². The third-order valence-corrected chi connectivity index (χ3v) is 3.07. The Morgan fingerprint density at radius 2 is 1.84 bits per heavy atom. The molecule has 9 heteroatoms. The Balaban J connectivity index is 2.74. The first-order valence-electron chi connectivity index (χ1n) is 5.02. The highest BCUT2D eigenvalue weighted by atomic mass is 32.2. The zero-order valence-electron chi connectivity index (χ0n) is 9.48. The number of hydrogen-bond donors (Lipinski definition) is 2. The van der Waals surface area contributed by atoms with Gasteiger partial charge in [0, 0.05) is 0 Å². The van der Waals surface area contributed by atoms with Gasteiger partial charge in [0.1, 0.15) is 12.6 Å². The van der Waals surface area contributed by atoms with Crippen molar-refractivity contribution in [2.45, 2.75) is 12.2 Å². The number of halogens is 3. The molecule has 1 unspecified atom stereocenters. The van der Waals surface area contributed by atoms with Gasteiger partial charge in [0.05, 0.1) is 6.07 Å². The zero-order valence-corrected chi connectivity index (χ0v) is 10.3. The molecule has 0 saturated carbocycles. The fraction of sp³-hybridized carbons (Fsp3) is 0.300. The molecule has 1 aromatic carbocycles. The van der Waals surface area contributed by atoms with Crippen molar-refractivity contribution in [1.82, 2.24) is 9.44 Å². The van der Waals surface area contributed by atoms with Crippen LogP contribution < -0.4 is 9.44 Å². The van der Waals surface area contributed by atoms with E-state index in [1.54, 1.807) is 24.3 Å². The Kier molecular flexibility index (Phi) is 4.88. The molecule has 5 nitrogen and oxygen atoms in total. The minimum Gasteiger partial charge on any atom is -0.196 e. The number of hydrogen-bond acceptors (Lipinski definition) is 3. The normalized spacial score (nSPS) is 13.8. The molecule has 0 heterocycles. The number of rotatable bonds is 5. The molecule has 0 radical (unpaired) electrons. The topological polar surface area (TPSA) is 82.0 Å². The van der Waals surface area contributed by atoms with Crippen LogP contribution in [0.25, 0.3) is 0 Å². The standard InChI is InChI=1S/C10H10F3N3O2S/c11-10(12,13)7-15-19(17,18)16-9(6-14)8-4-2-1-3-5-8/h1-5,9,15-16H,7H2. The largest absolute Gasteiger partial charge is 0.402 e. The summed E-state index contributed by atoms with van der Waals surface area (Å²) in [6.45, 7) is -1.70. The van der Waals surface area contributed by atoms with E-state index in [0.29, 0.717) is 5.56 Å². The smallest absolute Gasteiger partial charge is 0.196 e. The predicted molar refractivity (Wildman–Crippen MR) is 60.9 cm³/mol. The summed E-state index contributed by atoms with van der Waals surface area (Å²) in [6, 6.07) is 8.20. The number of nitrogens with zero attached hydrogens (tertiary/aromatic N) is 1. The summed E-state index contributed by atoms with van der Waals surface area (Å²) in [4.78, 5) is 0. The van der Waals surface area contributed by atoms with Crippen LogP contribution in [0.4, 0.5) is 13.2 Å². The van der Waals surface area contributed by atoms with Crippen LogP contribution in [0, 0.1) is 11.3 Å². The molecule has 0 fully saturated rings. The van der Waals surface area contributed by atoms with E-state index in [4.69, 9.17) is 5.26 Å². The van der Waals surface area contributed by atoms with E-state index in [1.807, 2.05) is 4.72 Å². The summed E-state index contributed by atoms with van der Waals surface area (Å²) in [5, 5.41) is 8.84. The van der Waals surface area contributed by atoms with E-state index in [9.17, 15) is 21.6 Å². The molecule has 2 N–H and O–H groups in total. The maximum absolute atomic E-state index is 11.9. The van der Waals surface area contributed by atoms with Crippen molar-refractivity contribution in [2.24, 2.45) is 0 Å². The van der Waals surface area contributed by atoms with E-state index >= 15 is 0 Å². The van der Waals surface area contributed by atoms with Crippen molar-refractivity contribution in [1.29, 1.82) is 5.26 Å². The number of benzene rings is 1. The predicted octanol–water partition coefficient (Wildman–Crippen LogP) is 1.24. The summed E-state index contributed by atoms with van der Waals surface area (Å²) >= 11 is 0. The van der Waals surface area contributed by atoms with Gasteiger partial charge in [-0.3, -0.25) is 0 Å². The van der Waals surface area contributed by atoms with Crippen LogP contribution in [0.1, 0.15) is 11.6 Å². The van der Waals surface area contributed by atoms with Gasteiger partial charge in [-0.2, -0.15) is 36.3 Å². The molecule has 1 aromatic rings. The van der Waals surface area contributed by atoms with E-state index in [1.165, 1.54) is 16.9 Å². The fourth-order valence-corrected chi connectivity index (χ4v) is 2.12. The molecule has 0 aliphatic rings. The molecular formula is C10H10F3N3O2S. The first kappa shape index (κ1) is 15.4. The molecule has 104 valence electrons. The molecule has 1 rings (SSSR count). The maximum atomic E-state index is 11.9. The second kappa shape index (κ2) is 6.01. The average Bonchev–Trinajstić information content (AvgIpc) is 2.34. The van der Waals surface area contributed by atoms with E-state index in [-0.39, 0.29) is 0 Å². The lowest BCUT2D eigenvalue weighted by Gasteiger charge is -2.14. The van der Waals surface area contributed by atoms with Gasteiger partial charge in [-0.05, 0) is 5.56 Å². The third kappa shape index (κ3) is 5.69. The van der Waals surface area contributed by atoms with Gasteiger partial charge in [-0.25, -0.2) is 0 Å². The van der Waals surface area contributed by atoms with E-state index in [0.717, 1.165) is 0 Å². The van der Waals surface area contributed by atoms with Gasteiger partial charge in [-0.1, -0.05) is 30.3 Å². The molecular weight excluding hydrogens is 283 g/mol. The Morgan fingerprint density at radius 3 is 2.32 bits per heavy atom. The van der Waals surface area contributed by atoms with Crippen molar-refractivity contribution in [3.8, 4) is 6.07 Å². The van der Waals surface area contributed by atoms with Gasteiger partial charge < -0.3 is 0 Å². The number of nitrogens with one attached hydrogen (secondary N) is 2. The highest BCUT2D eigenvalue weighted by Crippen LogP contribution is 2.14. The second-order valence-electron chi connectivity index (χ2n) is 3.53. The molecule has 0 bridgehead atoms. The lowest BCUT2D eigenvalue weighted by Crippen LogP contribution is -2.42. The lowest BCUT2D eigenvalue weighted by atomic mass is 10.1. The van der Waals surface area contributed by atoms with Crippen molar-refractivity contribution in [3.63, 3.8) is 0 Å². The summed E-state index contributed by atoms with van der Waals surface area (Å²) in [5.41, 5.74) is 0.336. The second-order valence-corrected chi connectivity index (χ2v) is 5.06. The lowest BCUT2D eigenvalue weighted by molar-refractivity contribution is -0.121. The summed E-state index contributed by atoms with van der Waals surface area (Å²) in [5.74, 6) is 0. The van der Waals surface area contributed by atoms with Crippen LogP contribution >= 0.6 is 0 Å². The van der Waals surface area contributed by atoms with Gasteiger partial charge in [-0.15, -0.1) is 0 Å². The maximum Gasteiger partial charge on any atom is 0.402 e. The Labute approximate surface area is 108 Å². The highest BCUT2D eigenvalue weighted by molar-refractivity contribution is 7.87. The minimum atomic E-state index is -4.66. The van der Waals surface area contributed by atoms with Crippen molar-refractivity contribution < 1.29 is 21.6 Å². The summed E-state index contributed by atoms with van der Waals surface area (Å²) < 4.78 is 61.6. The van der Waals surface area contributed by atoms with Crippen molar-refractivity contribution >= 4 is 10.2 Å². The van der Waals surface area contributed by atoms with Gasteiger partial charge >= 0.3 is 6.18 Å². The number of nitriles is 1. The molecule has 1 atom stereocenters. The van der Waals surface area contributed by atoms with E-state index in [2.05, 4.69) is 0 Å². The third-order valence-electron chi connectivity index (χ3n) is 2.00. The van der Waals surface area contributed by atoms with Crippen LogP contribution in [-0.2, 0) is 10.2 Å². The van der Waals surface area contributed by atoms with Crippen molar-refractivity contribution in [2.75, 3.05) is 6.54 Å². The number of alkyl halides is 3. The Hall–Kier alpha value is -1.63. The van der Waals surface area contributed by atoms with Crippen LogP contribution in [0.2, 0.25) is 0 Å². The average molecular weight is 293 g/mol. The van der Waals surface area contributed by atoms with Crippen molar-refractivity contribution in [3.05, 3.63) is 35.9 Å². The molecule has 0 aliphatic heterocycles. The molecule has 0 spiro atoms. The quantitative estimate of drug-likeness (QED) is 0.857. The van der Waals surface area contributed by atoms with Crippen LogP contribution in [0.5, 0.6) is 0 Å². The fourth-order valence-electron chi connectivity index (χ4n) is 1.19.